The zero-order valence-corrected chi connectivity index (χ0v) is 19.2. The Labute approximate surface area is 196 Å². The SMILES string of the molecule is COCCN(Cc1csc(COc2cccc3ccccc23)n1)C(=O)c1ccc(Cl)cc1. The highest BCUT2D eigenvalue weighted by molar-refractivity contribution is 7.09. The molecule has 4 rings (SSSR count). The summed E-state index contributed by atoms with van der Waals surface area (Å²) in [6.07, 6.45) is 0. The molecule has 0 saturated carbocycles. The van der Waals surface area contributed by atoms with Crippen LogP contribution in [0.15, 0.2) is 72.1 Å². The normalized spacial score (nSPS) is 10.9. The Kier molecular flexibility index (Phi) is 7.37. The fourth-order valence-electron chi connectivity index (χ4n) is 3.37. The van der Waals surface area contributed by atoms with E-state index < -0.39 is 0 Å². The molecule has 0 spiro atoms. The van der Waals surface area contributed by atoms with Gasteiger partial charge in [0.15, 0.2) is 0 Å². The molecule has 32 heavy (non-hydrogen) atoms. The van der Waals surface area contributed by atoms with Crippen LogP contribution in [-0.2, 0) is 17.9 Å². The maximum Gasteiger partial charge on any atom is 0.254 e. The van der Waals surface area contributed by atoms with Crippen LogP contribution in [0.2, 0.25) is 5.02 Å². The van der Waals surface area contributed by atoms with Crippen LogP contribution in [0, 0.1) is 0 Å². The van der Waals surface area contributed by atoms with E-state index in [-0.39, 0.29) is 5.91 Å². The minimum absolute atomic E-state index is 0.0831. The minimum Gasteiger partial charge on any atom is -0.486 e. The number of carbonyl (C=O) groups excluding carboxylic acids is 1. The first kappa shape index (κ1) is 22.3. The van der Waals surface area contributed by atoms with Gasteiger partial charge in [-0.05, 0) is 35.7 Å². The molecule has 0 bridgehead atoms. The summed E-state index contributed by atoms with van der Waals surface area (Å²) in [6, 6.07) is 21.0. The summed E-state index contributed by atoms with van der Waals surface area (Å²) in [5, 5.41) is 5.64. The molecule has 0 atom stereocenters. The van der Waals surface area contributed by atoms with Gasteiger partial charge in [-0.25, -0.2) is 4.98 Å². The summed E-state index contributed by atoms with van der Waals surface area (Å²) in [6.45, 7) is 1.69. The first-order chi connectivity index (χ1) is 15.6. The molecule has 0 saturated heterocycles. The lowest BCUT2D eigenvalue weighted by Crippen LogP contribution is -2.33. The molecular weight excluding hydrogens is 444 g/mol. The van der Waals surface area contributed by atoms with Gasteiger partial charge in [-0.1, -0.05) is 48.0 Å². The number of fused-ring (bicyclic) bond motifs is 1. The van der Waals surface area contributed by atoms with Crippen molar-refractivity contribution < 1.29 is 14.3 Å². The highest BCUT2D eigenvalue weighted by Gasteiger charge is 2.17. The predicted molar refractivity (Wildman–Crippen MR) is 128 cm³/mol. The van der Waals surface area contributed by atoms with E-state index in [0.717, 1.165) is 27.2 Å². The second-order valence-electron chi connectivity index (χ2n) is 7.22. The Morgan fingerprint density at radius 2 is 1.84 bits per heavy atom. The van der Waals surface area contributed by atoms with E-state index in [1.807, 2.05) is 35.7 Å². The molecule has 1 heterocycles. The standard InChI is InChI=1S/C25H23ClN2O3S/c1-30-14-13-28(25(29)19-9-11-20(26)12-10-19)15-21-17-32-24(27-21)16-31-23-8-4-6-18-5-2-3-7-22(18)23/h2-12,17H,13-16H2,1H3. The molecule has 4 aromatic rings. The van der Waals surface area contributed by atoms with Gasteiger partial charge in [0.1, 0.15) is 17.4 Å². The quantitative estimate of drug-likeness (QED) is 0.312. The lowest BCUT2D eigenvalue weighted by Gasteiger charge is -2.21. The number of hydrogen-bond acceptors (Lipinski definition) is 5. The zero-order valence-electron chi connectivity index (χ0n) is 17.7. The summed E-state index contributed by atoms with van der Waals surface area (Å²) in [4.78, 5) is 19.4. The van der Waals surface area contributed by atoms with Gasteiger partial charge in [-0.3, -0.25) is 4.79 Å². The maximum atomic E-state index is 13.0. The van der Waals surface area contributed by atoms with Crippen LogP contribution >= 0.6 is 22.9 Å². The van der Waals surface area contributed by atoms with E-state index in [9.17, 15) is 4.79 Å². The van der Waals surface area contributed by atoms with Crippen LogP contribution in [-0.4, -0.2) is 36.1 Å². The summed E-state index contributed by atoms with van der Waals surface area (Å²) in [5.41, 5.74) is 1.41. The Morgan fingerprint density at radius 3 is 2.66 bits per heavy atom. The molecule has 7 heteroatoms. The van der Waals surface area contributed by atoms with Gasteiger partial charge in [0, 0.05) is 35.0 Å². The van der Waals surface area contributed by atoms with Gasteiger partial charge < -0.3 is 14.4 Å². The molecular formula is C25H23ClN2O3S. The summed E-state index contributed by atoms with van der Waals surface area (Å²) >= 11 is 7.48. The number of thiazole rings is 1. The predicted octanol–water partition coefficient (Wildman–Crippen LogP) is 5.82. The van der Waals surface area contributed by atoms with Gasteiger partial charge >= 0.3 is 0 Å². The fraction of sp³-hybridized carbons (Fsp3) is 0.200. The lowest BCUT2D eigenvalue weighted by molar-refractivity contribution is 0.0678. The van der Waals surface area contributed by atoms with Crippen molar-refractivity contribution in [2.24, 2.45) is 0 Å². The van der Waals surface area contributed by atoms with E-state index >= 15 is 0 Å². The van der Waals surface area contributed by atoms with Crippen molar-refractivity contribution in [1.29, 1.82) is 0 Å². The molecule has 1 aromatic heterocycles. The molecule has 1 amide bonds. The topological polar surface area (TPSA) is 51.7 Å². The van der Waals surface area contributed by atoms with E-state index in [1.165, 1.54) is 11.3 Å². The summed E-state index contributed by atoms with van der Waals surface area (Å²) in [5.74, 6) is 0.750. The second-order valence-corrected chi connectivity index (χ2v) is 8.60. The number of nitrogens with zero attached hydrogens (tertiary/aromatic N) is 2. The van der Waals surface area contributed by atoms with Gasteiger partial charge in [0.05, 0.1) is 18.8 Å². The van der Waals surface area contributed by atoms with Crippen molar-refractivity contribution in [1.82, 2.24) is 9.88 Å². The van der Waals surface area contributed by atoms with Crippen molar-refractivity contribution in [2.45, 2.75) is 13.2 Å². The first-order valence-corrected chi connectivity index (χ1v) is 11.5. The number of aromatic nitrogens is 1. The number of amides is 1. The highest BCUT2D eigenvalue weighted by atomic mass is 35.5. The molecule has 3 aromatic carbocycles. The van der Waals surface area contributed by atoms with Crippen LogP contribution in [0.4, 0.5) is 0 Å². The molecule has 0 aliphatic heterocycles. The Balaban J connectivity index is 1.43. The van der Waals surface area contributed by atoms with Crippen molar-refractivity contribution in [3.63, 3.8) is 0 Å². The van der Waals surface area contributed by atoms with Crippen LogP contribution in [0.1, 0.15) is 21.1 Å². The molecule has 5 nitrogen and oxygen atoms in total. The van der Waals surface area contributed by atoms with Crippen molar-refractivity contribution in [3.8, 4) is 5.75 Å². The average molecular weight is 467 g/mol. The number of methoxy groups -OCH3 is 1. The van der Waals surface area contributed by atoms with E-state index in [2.05, 4.69) is 17.1 Å². The highest BCUT2D eigenvalue weighted by Crippen LogP contribution is 2.26. The molecule has 0 fully saturated rings. The third-order valence-electron chi connectivity index (χ3n) is 5.00. The van der Waals surface area contributed by atoms with Crippen molar-refractivity contribution >= 4 is 39.6 Å². The van der Waals surface area contributed by atoms with E-state index in [0.29, 0.717) is 36.9 Å². The van der Waals surface area contributed by atoms with Crippen LogP contribution < -0.4 is 4.74 Å². The number of carbonyl (C=O) groups is 1. The monoisotopic (exact) mass is 466 g/mol. The van der Waals surface area contributed by atoms with Gasteiger partial charge in [-0.15, -0.1) is 11.3 Å². The fourth-order valence-corrected chi connectivity index (χ4v) is 4.20. The van der Waals surface area contributed by atoms with E-state index in [4.69, 9.17) is 21.1 Å². The van der Waals surface area contributed by atoms with Gasteiger partial charge in [0.2, 0.25) is 0 Å². The first-order valence-electron chi connectivity index (χ1n) is 10.2. The third-order valence-corrected chi connectivity index (χ3v) is 6.12. The van der Waals surface area contributed by atoms with Crippen LogP contribution in [0.5, 0.6) is 5.75 Å². The molecule has 0 aliphatic rings. The number of benzene rings is 3. The molecule has 0 unspecified atom stereocenters. The molecule has 0 radical (unpaired) electrons. The number of halogens is 1. The summed E-state index contributed by atoms with van der Waals surface area (Å²) in [7, 11) is 1.62. The average Bonchev–Trinajstić information content (AvgIpc) is 3.27. The second kappa shape index (κ2) is 10.6. The number of hydrogen-bond donors (Lipinski definition) is 0. The van der Waals surface area contributed by atoms with Crippen LogP contribution in [0.25, 0.3) is 10.8 Å². The lowest BCUT2D eigenvalue weighted by atomic mass is 10.1. The third kappa shape index (κ3) is 5.46. The largest absolute Gasteiger partial charge is 0.486 e. The van der Waals surface area contributed by atoms with Crippen molar-refractivity contribution in [3.05, 3.63) is 93.4 Å². The minimum atomic E-state index is -0.0831. The Morgan fingerprint density at radius 1 is 1.06 bits per heavy atom. The van der Waals surface area contributed by atoms with Crippen LogP contribution in [0.3, 0.4) is 0 Å². The molecule has 0 N–H and O–H groups in total. The Bertz CT molecular complexity index is 1190. The number of ether oxygens (including phenoxy) is 2. The van der Waals surface area contributed by atoms with Gasteiger partial charge in [0.25, 0.3) is 5.91 Å². The van der Waals surface area contributed by atoms with E-state index in [1.54, 1.807) is 36.3 Å². The van der Waals surface area contributed by atoms with Crippen molar-refractivity contribution in [2.75, 3.05) is 20.3 Å². The molecule has 164 valence electrons. The molecule has 0 aliphatic carbocycles. The van der Waals surface area contributed by atoms with Gasteiger partial charge in [-0.2, -0.15) is 0 Å². The summed E-state index contributed by atoms with van der Waals surface area (Å²) < 4.78 is 11.2. The Hall–Kier alpha value is -2.93. The smallest absolute Gasteiger partial charge is 0.254 e. The number of rotatable bonds is 9. The maximum absolute atomic E-state index is 13.0. The zero-order chi connectivity index (χ0) is 22.3.